The van der Waals surface area contributed by atoms with Gasteiger partial charge >= 0.3 is 0 Å². The van der Waals surface area contributed by atoms with Crippen LogP contribution in [-0.4, -0.2) is 61.1 Å². The van der Waals surface area contributed by atoms with Gasteiger partial charge in [0.15, 0.2) is 5.96 Å². The van der Waals surface area contributed by atoms with Crippen LogP contribution in [0.25, 0.3) is 0 Å². The van der Waals surface area contributed by atoms with Crippen LogP contribution in [0, 0.1) is 0 Å². The molecule has 2 N–H and O–H groups in total. The van der Waals surface area contributed by atoms with Crippen molar-refractivity contribution in [3.05, 3.63) is 35.4 Å². The average molecular weight is 514 g/mol. The quantitative estimate of drug-likeness (QED) is 0.315. The summed E-state index contributed by atoms with van der Waals surface area (Å²) >= 11 is 0. The van der Waals surface area contributed by atoms with E-state index in [4.69, 9.17) is 4.99 Å². The molecule has 164 valence electrons. The summed E-state index contributed by atoms with van der Waals surface area (Å²) in [6.07, 6.45) is 6.83. The molecule has 1 heterocycles. The molecular formula is C23H40IN5. The molecule has 1 saturated heterocycles. The van der Waals surface area contributed by atoms with Gasteiger partial charge in [0.2, 0.25) is 0 Å². The van der Waals surface area contributed by atoms with E-state index in [-0.39, 0.29) is 24.0 Å². The molecular weight excluding hydrogens is 473 g/mol. The highest BCUT2D eigenvalue weighted by atomic mass is 127. The van der Waals surface area contributed by atoms with Gasteiger partial charge in [-0.3, -0.25) is 4.90 Å². The number of likely N-dealkylation sites (tertiary alicyclic amines) is 1. The third kappa shape index (κ3) is 7.72. The van der Waals surface area contributed by atoms with Gasteiger partial charge in [-0.15, -0.1) is 24.0 Å². The fourth-order valence-electron chi connectivity index (χ4n) is 4.44. The number of hydrogen-bond donors (Lipinski definition) is 2. The molecule has 6 heteroatoms. The van der Waals surface area contributed by atoms with E-state index in [1.807, 2.05) is 0 Å². The molecule has 0 radical (unpaired) electrons. The van der Waals surface area contributed by atoms with Crippen molar-refractivity contribution in [1.29, 1.82) is 0 Å². The third-order valence-corrected chi connectivity index (χ3v) is 6.15. The molecule has 29 heavy (non-hydrogen) atoms. The first-order valence-electron chi connectivity index (χ1n) is 11.2. The minimum absolute atomic E-state index is 0. The monoisotopic (exact) mass is 513 g/mol. The van der Waals surface area contributed by atoms with Crippen molar-refractivity contribution < 1.29 is 0 Å². The van der Waals surface area contributed by atoms with Gasteiger partial charge in [0.1, 0.15) is 0 Å². The summed E-state index contributed by atoms with van der Waals surface area (Å²) in [5.41, 5.74) is 2.64. The fraction of sp³-hybridized carbons (Fsp3) is 0.696. The Labute approximate surface area is 194 Å². The van der Waals surface area contributed by atoms with Gasteiger partial charge in [0, 0.05) is 38.3 Å². The lowest BCUT2D eigenvalue weighted by molar-refractivity contribution is 0.242. The van der Waals surface area contributed by atoms with Gasteiger partial charge in [-0.25, -0.2) is 4.99 Å². The second kappa shape index (κ2) is 12.7. The summed E-state index contributed by atoms with van der Waals surface area (Å²) < 4.78 is 0. The Hall–Kier alpha value is -0.860. The molecule has 1 aliphatic carbocycles. The van der Waals surface area contributed by atoms with Crippen molar-refractivity contribution in [1.82, 2.24) is 20.4 Å². The van der Waals surface area contributed by atoms with Gasteiger partial charge < -0.3 is 15.5 Å². The number of hydrogen-bond acceptors (Lipinski definition) is 3. The average Bonchev–Trinajstić information content (AvgIpc) is 3.38. The van der Waals surface area contributed by atoms with Crippen LogP contribution in [0.3, 0.4) is 0 Å². The highest BCUT2D eigenvalue weighted by Crippen LogP contribution is 2.26. The summed E-state index contributed by atoms with van der Waals surface area (Å²) in [4.78, 5) is 9.89. The van der Waals surface area contributed by atoms with Gasteiger partial charge in [0.25, 0.3) is 0 Å². The Morgan fingerprint density at radius 2 is 1.93 bits per heavy atom. The normalized spacial score (nSPS) is 20.8. The number of benzene rings is 1. The molecule has 1 saturated carbocycles. The van der Waals surface area contributed by atoms with Gasteiger partial charge in [-0.2, -0.15) is 0 Å². The maximum absolute atomic E-state index is 4.87. The second-order valence-electron chi connectivity index (χ2n) is 8.41. The lowest BCUT2D eigenvalue weighted by atomic mass is 10.1. The van der Waals surface area contributed by atoms with Gasteiger partial charge in [0.05, 0.1) is 6.54 Å². The molecule has 1 aliphatic heterocycles. The van der Waals surface area contributed by atoms with E-state index in [0.717, 1.165) is 44.7 Å². The molecule has 0 amide bonds. The third-order valence-electron chi connectivity index (χ3n) is 6.15. The predicted octanol–water partition coefficient (Wildman–Crippen LogP) is 3.83. The van der Waals surface area contributed by atoms with Crippen LogP contribution in [0.15, 0.2) is 29.3 Å². The van der Waals surface area contributed by atoms with E-state index in [9.17, 15) is 0 Å². The van der Waals surface area contributed by atoms with Crippen molar-refractivity contribution >= 4 is 29.9 Å². The summed E-state index contributed by atoms with van der Waals surface area (Å²) in [5, 5.41) is 7.12. The molecule has 2 aliphatic rings. The zero-order valence-electron chi connectivity index (χ0n) is 18.5. The van der Waals surface area contributed by atoms with Crippen molar-refractivity contribution in [3.63, 3.8) is 0 Å². The van der Waals surface area contributed by atoms with Crippen LogP contribution in [-0.2, 0) is 13.1 Å². The Morgan fingerprint density at radius 1 is 1.17 bits per heavy atom. The summed E-state index contributed by atoms with van der Waals surface area (Å²) in [5.74, 6) is 0.955. The Morgan fingerprint density at radius 3 is 2.66 bits per heavy atom. The zero-order valence-corrected chi connectivity index (χ0v) is 20.8. The Kier molecular flexibility index (Phi) is 10.7. The van der Waals surface area contributed by atoms with E-state index in [2.05, 4.69) is 65.6 Å². The topological polar surface area (TPSA) is 42.9 Å². The summed E-state index contributed by atoms with van der Waals surface area (Å²) in [7, 11) is 2.16. The summed E-state index contributed by atoms with van der Waals surface area (Å²) in [6, 6.07) is 10.2. The lowest BCUT2D eigenvalue weighted by Crippen LogP contribution is -2.45. The smallest absolute Gasteiger partial charge is 0.191 e. The van der Waals surface area contributed by atoms with E-state index < -0.39 is 0 Å². The van der Waals surface area contributed by atoms with E-state index >= 15 is 0 Å². The second-order valence-corrected chi connectivity index (χ2v) is 8.41. The number of nitrogens with one attached hydrogen (secondary N) is 2. The summed E-state index contributed by atoms with van der Waals surface area (Å²) in [6.45, 7) is 10.4. The fourth-order valence-corrected chi connectivity index (χ4v) is 4.44. The van der Waals surface area contributed by atoms with Crippen LogP contribution in [0.4, 0.5) is 0 Å². The molecule has 1 aromatic carbocycles. The molecule has 1 atom stereocenters. The molecule has 2 fully saturated rings. The van der Waals surface area contributed by atoms with Crippen LogP contribution in [0.2, 0.25) is 0 Å². The Balaban J connectivity index is 0.00000300. The number of rotatable bonds is 8. The number of guanidine groups is 1. The van der Waals surface area contributed by atoms with Crippen molar-refractivity contribution in [3.8, 4) is 0 Å². The first kappa shape index (κ1) is 24.4. The minimum atomic E-state index is 0. The SMILES string of the molecule is CCNC(=NCc1cccc(CN(C)CC)c1)NC1CCN(C2CCCC2)C1.I. The molecule has 1 aromatic rings. The Bertz CT molecular complexity index is 629. The maximum Gasteiger partial charge on any atom is 0.191 e. The molecule has 0 spiro atoms. The molecule has 0 aromatic heterocycles. The highest BCUT2D eigenvalue weighted by molar-refractivity contribution is 14.0. The lowest BCUT2D eigenvalue weighted by Gasteiger charge is -2.24. The van der Waals surface area contributed by atoms with Gasteiger partial charge in [-0.05, 0) is 50.9 Å². The molecule has 0 bridgehead atoms. The van der Waals surface area contributed by atoms with E-state index in [1.54, 1.807) is 0 Å². The first-order chi connectivity index (χ1) is 13.7. The van der Waals surface area contributed by atoms with Crippen LogP contribution in [0.5, 0.6) is 0 Å². The van der Waals surface area contributed by atoms with Crippen LogP contribution in [0.1, 0.15) is 57.1 Å². The zero-order chi connectivity index (χ0) is 19.8. The molecule has 3 rings (SSSR count). The first-order valence-corrected chi connectivity index (χ1v) is 11.2. The molecule has 1 unspecified atom stereocenters. The minimum Gasteiger partial charge on any atom is -0.357 e. The highest BCUT2D eigenvalue weighted by Gasteiger charge is 2.30. The van der Waals surface area contributed by atoms with Gasteiger partial charge in [-0.1, -0.05) is 44.0 Å². The van der Waals surface area contributed by atoms with Crippen molar-refractivity contribution in [2.45, 2.75) is 71.1 Å². The number of nitrogens with zero attached hydrogens (tertiary/aromatic N) is 3. The van der Waals surface area contributed by atoms with E-state index in [1.165, 1.54) is 49.8 Å². The largest absolute Gasteiger partial charge is 0.357 e. The van der Waals surface area contributed by atoms with Crippen LogP contribution >= 0.6 is 24.0 Å². The standard InChI is InChI=1S/C23H39N5.HI/c1-4-24-23(26-21-13-14-28(18-21)22-11-6-7-12-22)25-16-19-9-8-10-20(15-19)17-27(3)5-2;/h8-10,15,21-22H,4-7,11-14,16-18H2,1-3H3,(H2,24,25,26);1H. The maximum atomic E-state index is 4.87. The van der Waals surface area contributed by atoms with E-state index in [0.29, 0.717) is 6.04 Å². The predicted molar refractivity (Wildman–Crippen MR) is 134 cm³/mol. The number of halogens is 1. The van der Waals surface area contributed by atoms with Crippen molar-refractivity contribution in [2.24, 2.45) is 4.99 Å². The van der Waals surface area contributed by atoms with Crippen molar-refractivity contribution in [2.75, 3.05) is 33.2 Å². The molecule has 5 nitrogen and oxygen atoms in total. The van der Waals surface area contributed by atoms with Crippen LogP contribution < -0.4 is 10.6 Å². The number of aliphatic imine (C=N–C) groups is 1.